The first kappa shape index (κ1) is 21.0. The molecule has 4 nitrogen and oxygen atoms in total. The van der Waals surface area contributed by atoms with Gasteiger partial charge in [0.25, 0.3) is 0 Å². The van der Waals surface area contributed by atoms with Crippen LogP contribution >= 0.6 is 0 Å². The van der Waals surface area contributed by atoms with Gasteiger partial charge >= 0.3 is 0 Å². The van der Waals surface area contributed by atoms with E-state index in [2.05, 4.69) is 6.92 Å². The standard InChI is InChI=1S/C24H26O4/c1-5-14-27-21-11-8-19(9-12-21)22(25)13-10-20-16-18(7-3)24(28-15-6-2)17-23(20)26-4/h5-6,8-17H,7H2,1-4H3/b13-10+,14-5+,15-6+. The lowest BCUT2D eigenvalue weighted by molar-refractivity contribution is 0.104. The average Bonchev–Trinajstić information content (AvgIpc) is 2.74. The summed E-state index contributed by atoms with van der Waals surface area (Å²) in [5.41, 5.74) is 2.46. The normalized spacial score (nSPS) is 11.4. The second-order valence-electron chi connectivity index (χ2n) is 5.95. The highest BCUT2D eigenvalue weighted by Crippen LogP contribution is 2.31. The Balaban J connectivity index is 2.23. The summed E-state index contributed by atoms with van der Waals surface area (Å²) in [4.78, 5) is 12.5. The first-order valence-electron chi connectivity index (χ1n) is 9.21. The molecule has 0 aliphatic carbocycles. The quantitative estimate of drug-likeness (QED) is 0.306. The van der Waals surface area contributed by atoms with E-state index < -0.39 is 0 Å². The van der Waals surface area contributed by atoms with Crippen LogP contribution in [0.25, 0.3) is 6.08 Å². The summed E-state index contributed by atoms with van der Waals surface area (Å²) in [5.74, 6) is 1.99. The molecule has 2 aromatic carbocycles. The van der Waals surface area contributed by atoms with Gasteiger partial charge in [0.1, 0.15) is 17.2 Å². The third-order valence-electron chi connectivity index (χ3n) is 4.02. The number of aryl methyl sites for hydroxylation is 1. The monoisotopic (exact) mass is 378 g/mol. The molecule has 0 aromatic heterocycles. The summed E-state index contributed by atoms with van der Waals surface area (Å²) in [5, 5.41) is 0. The average molecular weight is 378 g/mol. The molecule has 0 saturated heterocycles. The zero-order valence-electron chi connectivity index (χ0n) is 16.8. The lowest BCUT2D eigenvalue weighted by Crippen LogP contribution is -1.96. The van der Waals surface area contributed by atoms with Crippen LogP contribution in [0.2, 0.25) is 0 Å². The van der Waals surface area contributed by atoms with E-state index in [1.165, 1.54) is 0 Å². The topological polar surface area (TPSA) is 44.8 Å². The number of carbonyl (C=O) groups excluding carboxylic acids is 1. The van der Waals surface area contributed by atoms with E-state index in [-0.39, 0.29) is 5.78 Å². The summed E-state index contributed by atoms with van der Waals surface area (Å²) in [7, 11) is 1.60. The minimum Gasteiger partial charge on any atom is -0.496 e. The van der Waals surface area contributed by atoms with Gasteiger partial charge in [-0.15, -0.1) is 0 Å². The summed E-state index contributed by atoms with van der Waals surface area (Å²) in [6.07, 6.45) is 11.0. The molecule has 146 valence electrons. The maximum atomic E-state index is 12.5. The van der Waals surface area contributed by atoms with Crippen molar-refractivity contribution in [3.63, 3.8) is 0 Å². The van der Waals surface area contributed by atoms with Crippen molar-refractivity contribution in [1.29, 1.82) is 0 Å². The third-order valence-corrected chi connectivity index (χ3v) is 4.02. The Morgan fingerprint density at radius 2 is 1.64 bits per heavy atom. The van der Waals surface area contributed by atoms with E-state index in [1.807, 2.05) is 32.1 Å². The predicted molar refractivity (Wildman–Crippen MR) is 113 cm³/mol. The molecule has 0 bridgehead atoms. The largest absolute Gasteiger partial charge is 0.496 e. The molecule has 2 aromatic rings. The van der Waals surface area contributed by atoms with Crippen LogP contribution in [0.15, 0.2) is 67.2 Å². The minimum atomic E-state index is -0.0908. The molecule has 0 fully saturated rings. The second-order valence-corrected chi connectivity index (χ2v) is 5.95. The highest BCUT2D eigenvalue weighted by Gasteiger charge is 2.10. The van der Waals surface area contributed by atoms with E-state index in [1.54, 1.807) is 62.1 Å². The third kappa shape index (κ3) is 5.61. The van der Waals surface area contributed by atoms with Gasteiger partial charge in [0, 0.05) is 17.2 Å². The van der Waals surface area contributed by atoms with E-state index in [9.17, 15) is 4.79 Å². The van der Waals surface area contributed by atoms with Crippen molar-refractivity contribution in [1.82, 2.24) is 0 Å². The number of ketones is 1. The van der Waals surface area contributed by atoms with Gasteiger partial charge < -0.3 is 14.2 Å². The summed E-state index contributed by atoms with van der Waals surface area (Å²) in [6, 6.07) is 10.8. The van der Waals surface area contributed by atoms with Crippen LogP contribution in [-0.2, 0) is 6.42 Å². The molecule has 0 atom stereocenters. The molecule has 0 aliphatic rings. The number of carbonyl (C=O) groups is 1. The van der Waals surface area contributed by atoms with Crippen molar-refractivity contribution in [2.75, 3.05) is 7.11 Å². The Kier molecular flexibility index (Phi) is 8.10. The molecule has 0 unspecified atom stereocenters. The van der Waals surface area contributed by atoms with Crippen LogP contribution in [0.3, 0.4) is 0 Å². The van der Waals surface area contributed by atoms with Gasteiger partial charge in [-0.1, -0.05) is 19.1 Å². The molecule has 0 amide bonds. The fourth-order valence-corrected chi connectivity index (χ4v) is 2.57. The molecule has 0 aliphatic heterocycles. The molecule has 28 heavy (non-hydrogen) atoms. The van der Waals surface area contributed by atoms with E-state index >= 15 is 0 Å². The van der Waals surface area contributed by atoms with Gasteiger partial charge in [-0.3, -0.25) is 4.79 Å². The van der Waals surface area contributed by atoms with Gasteiger partial charge in [-0.25, -0.2) is 0 Å². The van der Waals surface area contributed by atoms with Gasteiger partial charge in [0.15, 0.2) is 5.78 Å². The number of benzene rings is 2. The van der Waals surface area contributed by atoms with Crippen molar-refractivity contribution in [3.05, 3.63) is 83.8 Å². The Morgan fingerprint density at radius 3 is 2.25 bits per heavy atom. The Hall–Kier alpha value is -3.27. The summed E-state index contributed by atoms with van der Waals surface area (Å²) >= 11 is 0. The van der Waals surface area contributed by atoms with Crippen molar-refractivity contribution < 1.29 is 19.0 Å². The van der Waals surface area contributed by atoms with Gasteiger partial charge in [0.2, 0.25) is 0 Å². The zero-order chi connectivity index (χ0) is 20.4. The van der Waals surface area contributed by atoms with E-state index in [4.69, 9.17) is 14.2 Å². The second kappa shape index (κ2) is 10.8. The fraction of sp³-hybridized carbons (Fsp3) is 0.208. The number of hydrogen-bond acceptors (Lipinski definition) is 4. The molecular weight excluding hydrogens is 352 g/mol. The maximum Gasteiger partial charge on any atom is 0.185 e. The fourth-order valence-electron chi connectivity index (χ4n) is 2.57. The molecule has 2 rings (SSSR count). The van der Waals surface area contributed by atoms with Crippen LogP contribution in [0.1, 0.15) is 42.3 Å². The van der Waals surface area contributed by atoms with E-state index in [0.29, 0.717) is 17.1 Å². The molecule has 0 heterocycles. The van der Waals surface area contributed by atoms with Crippen LogP contribution < -0.4 is 14.2 Å². The van der Waals surface area contributed by atoms with Crippen LogP contribution in [0, 0.1) is 0 Å². The molecule has 4 heteroatoms. The lowest BCUT2D eigenvalue weighted by atomic mass is 10.0. The number of allylic oxidation sites excluding steroid dienone is 3. The SMILES string of the molecule is C/C=C/Oc1ccc(C(=O)/C=C/c2cc(CC)c(O/C=C/C)cc2OC)cc1. The Bertz CT molecular complexity index is 874. The number of rotatable bonds is 9. The molecule has 0 saturated carbocycles. The van der Waals surface area contributed by atoms with Crippen LogP contribution in [-0.4, -0.2) is 12.9 Å². The Labute approximate surface area is 166 Å². The summed E-state index contributed by atoms with van der Waals surface area (Å²) in [6.45, 7) is 5.82. The van der Waals surface area contributed by atoms with Crippen molar-refractivity contribution in [2.24, 2.45) is 0 Å². The molecular formula is C24H26O4. The first-order chi connectivity index (χ1) is 13.6. The smallest absolute Gasteiger partial charge is 0.185 e. The van der Waals surface area contributed by atoms with Crippen molar-refractivity contribution in [3.8, 4) is 17.2 Å². The number of methoxy groups -OCH3 is 1. The number of hydrogen-bond donors (Lipinski definition) is 0. The van der Waals surface area contributed by atoms with Crippen molar-refractivity contribution >= 4 is 11.9 Å². The van der Waals surface area contributed by atoms with Gasteiger partial charge in [-0.05, 0) is 68.3 Å². The van der Waals surface area contributed by atoms with Gasteiger partial charge in [-0.2, -0.15) is 0 Å². The van der Waals surface area contributed by atoms with Crippen LogP contribution in [0.4, 0.5) is 0 Å². The molecule has 0 spiro atoms. The Morgan fingerprint density at radius 1 is 0.964 bits per heavy atom. The van der Waals surface area contributed by atoms with Crippen LogP contribution in [0.5, 0.6) is 17.2 Å². The highest BCUT2D eigenvalue weighted by molar-refractivity contribution is 6.07. The zero-order valence-corrected chi connectivity index (χ0v) is 16.8. The lowest BCUT2D eigenvalue weighted by Gasteiger charge is -2.12. The number of ether oxygens (including phenoxy) is 3. The predicted octanol–water partition coefficient (Wildman–Crippen LogP) is 5.98. The first-order valence-corrected chi connectivity index (χ1v) is 9.21. The van der Waals surface area contributed by atoms with E-state index in [0.717, 1.165) is 23.3 Å². The van der Waals surface area contributed by atoms with Gasteiger partial charge in [0.05, 0.1) is 19.6 Å². The van der Waals surface area contributed by atoms with Crippen molar-refractivity contribution in [2.45, 2.75) is 27.2 Å². The highest BCUT2D eigenvalue weighted by atomic mass is 16.5. The summed E-state index contributed by atoms with van der Waals surface area (Å²) < 4.78 is 16.5. The maximum absolute atomic E-state index is 12.5. The minimum absolute atomic E-state index is 0.0908. The molecule has 0 radical (unpaired) electrons. The molecule has 0 N–H and O–H groups in total.